The summed E-state index contributed by atoms with van der Waals surface area (Å²) in [6.45, 7) is 4.34. The summed E-state index contributed by atoms with van der Waals surface area (Å²) in [6.07, 6.45) is 0. The Morgan fingerprint density at radius 1 is 1.23 bits per heavy atom. The maximum atomic E-state index is 12.6. The topological polar surface area (TPSA) is 70.7 Å². The Bertz CT molecular complexity index is 763. The normalized spacial score (nSPS) is 16.5. The van der Waals surface area contributed by atoms with Gasteiger partial charge in [-0.3, -0.25) is 9.59 Å². The smallest absolute Gasteiger partial charge is 0.264 e. The van der Waals surface area contributed by atoms with E-state index in [0.717, 1.165) is 13.1 Å². The molecule has 0 bridgehead atoms. The van der Waals surface area contributed by atoms with Gasteiger partial charge in [0.05, 0.1) is 17.0 Å². The van der Waals surface area contributed by atoms with Crippen LogP contribution in [-0.2, 0) is 0 Å². The van der Waals surface area contributed by atoms with Crippen LogP contribution in [0.1, 0.15) is 27.0 Å². The first-order valence-electron chi connectivity index (χ1n) is 8.15. The maximum absolute atomic E-state index is 12.6. The van der Waals surface area contributed by atoms with Gasteiger partial charge in [0.1, 0.15) is 5.75 Å². The van der Waals surface area contributed by atoms with Crippen molar-refractivity contribution in [1.29, 1.82) is 0 Å². The molecule has 1 fully saturated rings. The monoisotopic (exact) mass is 395 g/mol. The van der Waals surface area contributed by atoms with Crippen molar-refractivity contribution in [3.8, 4) is 5.75 Å². The molecule has 0 spiro atoms. The van der Waals surface area contributed by atoms with Gasteiger partial charge in [-0.05, 0) is 43.3 Å². The number of halogens is 1. The zero-order chi connectivity index (χ0) is 17.8. The Hall–Kier alpha value is -2.09. The summed E-state index contributed by atoms with van der Waals surface area (Å²) in [5.74, 6) is 0.508. The highest BCUT2D eigenvalue weighted by molar-refractivity contribution is 7.18. The molecule has 6 nitrogen and oxygen atoms in total. The van der Waals surface area contributed by atoms with Crippen molar-refractivity contribution >= 4 is 40.6 Å². The lowest BCUT2D eigenvalue weighted by atomic mass is 10.2. The van der Waals surface area contributed by atoms with Crippen LogP contribution >= 0.6 is 23.7 Å². The first kappa shape index (κ1) is 20.2. The van der Waals surface area contributed by atoms with E-state index >= 15 is 0 Å². The van der Waals surface area contributed by atoms with E-state index in [-0.39, 0.29) is 30.3 Å². The zero-order valence-electron chi connectivity index (χ0n) is 14.7. The summed E-state index contributed by atoms with van der Waals surface area (Å²) >= 11 is 1.30. The van der Waals surface area contributed by atoms with Gasteiger partial charge in [-0.1, -0.05) is 0 Å². The van der Waals surface area contributed by atoms with Crippen LogP contribution in [0, 0.1) is 0 Å². The second-order valence-corrected chi connectivity index (χ2v) is 6.98. The van der Waals surface area contributed by atoms with Crippen LogP contribution < -0.4 is 15.4 Å². The van der Waals surface area contributed by atoms with E-state index in [0.29, 0.717) is 27.7 Å². The van der Waals surface area contributed by atoms with Crippen molar-refractivity contribution in [3.63, 3.8) is 0 Å². The number of nitrogens with zero attached hydrogens (tertiary/aromatic N) is 1. The molecule has 26 heavy (non-hydrogen) atoms. The molecule has 3 rings (SSSR count). The number of nitrogens with one attached hydrogen (secondary N) is 2. The van der Waals surface area contributed by atoms with Crippen LogP contribution in [0.2, 0.25) is 0 Å². The van der Waals surface area contributed by atoms with Gasteiger partial charge in [0.25, 0.3) is 11.8 Å². The second-order valence-electron chi connectivity index (χ2n) is 5.90. The molecule has 2 heterocycles. The molecule has 1 saturated heterocycles. The number of amides is 2. The Kier molecular flexibility index (Phi) is 7.02. The third-order valence-corrected chi connectivity index (χ3v) is 5.16. The highest BCUT2D eigenvalue weighted by Crippen LogP contribution is 2.25. The van der Waals surface area contributed by atoms with Gasteiger partial charge in [-0.2, -0.15) is 0 Å². The molecule has 1 aromatic heterocycles. The summed E-state index contributed by atoms with van der Waals surface area (Å²) in [7, 11) is 1.58. The molecule has 2 N–H and O–H groups in total. The molecule has 0 aliphatic carbocycles. The number of carbonyl (C=O) groups is 2. The Balaban J connectivity index is 0.00000243. The van der Waals surface area contributed by atoms with E-state index in [1.54, 1.807) is 43.5 Å². The molecule has 2 aromatic rings. The lowest BCUT2D eigenvalue weighted by molar-refractivity contribution is 0.0660. The molecule has 140 valence electrons. The quantitative estimate of drug-likeness (QED) is 0.835. The second kappa shape index (κ2) is 9.02. The zero-order valence-corrected chi connectivity index (χ0v) is 16.3. The number of rotatable bonds is 4. The molecule has 1 aliphatic rings. The van der Waals surface area contributed by atoms with Crippen LogP contribution in [0.4, 0.5) is 5.00 Å². The summed E-state index contributed by atoms with van der Waals surface area (Å²) in [5.41, 5.74) is 0.540. The third kappa shape index (κ3) is 4.55. The average Bonchev–Trinajstić information content (AvgIpc) is 3.10. The summed E-state index contributed by atoms with van der Waals surface area (Å²) in [6, 6.07) is 10.6. The van der Waals surface area contributed by atoms with Gasteiger partial charge in [0.2, 0.25) is 0 Å². The largest absolute Gasteiger partial charge is 0.497 e. The molecule has 0 radical (unpaired) electrons. The molecular weight excluding hydrogens is 374 g/mol. The van der Waals surface area contributed by atoms with Gasteiger partial charge in [0.15, 0.2) is 0 Å². The van der Waals surface area contributed by atoms with E-state index in [2.05, 4.69) is 10.6 Å². The molecule has 2 amide bonds. The standard InChI is InChI=1S/C18H21N3O3S.ClH/c1-12-11-19-9-10-21(12)18(23)15-7-8-16(25-15)20-17(22)13-3-5-14(24-2)6-4-13;/h3-8,12,19H,9-11H2,1-2H3,(H,20,22);1H/t12-;/m0./s1. The average molecular weight is 396 g/mol. The van der Waals surface area contributed by atoms with Crippen LogP contribution in [0.15, 0.2) is 36.4 Å². The number of ether oxygens (including phenoxy) is 1. The molecule has 1 aliphatic heterocycles. The number of benzene rings is 1. The van der Waals surface area contributed by atoms with Crippen LogP contribution in [0.5, 0.6) is 5.75 Å². The third-order valence-electron chi connectivity index (χ3n) is 4.17. The van der Waals surface area contributed by atoms with Crippen molar-refractivity contribution in [2.45, 2.75) is 13.0 Å². The minimum Gasteiger partial charge on any atom is -0.497 e. The number of thiophene rings is 1. The van der Waals surface area contributed by atoms with Gasteiger partial charge < -0.3 is 20.3 Å². The molecule has 1 aromatic carbocycles. The Morgan fingerprint density at radius 3 is 2.62 bits per heavy atom. The van der Waals surface area contributed by atoms with E-state index < -0.39 is 0 Å². The number of piperazine rings is 1. The molecule has 1 atom stereocenters. The number of carbonyl (C=O) groups excluding carboxylic acids is 2. The minimum atomic E-state index is -0.209. The number of hydrogen-bond acceptors (Lipinski definition) is 5. The molecular formula is C18H22ClN3O3S. The van der Waals surface area contributed by atoms with Crippen molar-refractivity contribution in [3.05, 3.63) is 46.8 Å². The van der Waals surface area contributed by atoms with E-state index in [1.807, 2.05) is 11.8 Å². The highest BCUT2D eigenvalue weighted by Gasteiger charge is 2.25. The fourth-order valence-corrected chi connectivity index (χ4v) is 3.59. The van der Waals surface area contributed by atoms with Gasteiger partial charge in [-0.15, -0.1) is 23.7 Å². The van der Waals surface area contributed by atoms with Crippen molar-refractivity contribution < 1.29 is 14.3 Å². The predicted octanol–water partition coefficient (Wildman–Crippen LogP) is 2.86. The fourth-order valence-electron chi connectivity index (χ4n) is 2.73. The van der Waals surface area contributed by atoms with Crippen molar-refractivity contribution in [2.24, 2.45) is 0 Å². The first-order valence-corrected chi connectivity index (χ1v) is 8.97. The van der Waals surface area contributed by atoms with Crippen LogP contribution in [0.25, 0.3) is 0 Å². The Morgan fingerprint density at radius 2 is 1.96 bits per heavy atom. The summed E-state index contributed by atoms with van der Waals surface area (Å²) in [4.78, 5) is 27.4. The molecule has 0 unspecified atom stereocenters. The highest BCUT2D eigenvalue weighted by atomic mass is 35.5. The van der Waals surface area contributed by atoms with Gasteiger partial charge in [0, 0.05) is 31.2 Å². The number of methoxy groups -OCH3 is 1. The predicted molar refractivity (Wildman–Crippen MR) is 106 cm³/mol. The number of hydrogen-bond donors (Lipinski definition) is 2. The lowest BCUT2D eigenvalue weighted by Crippen LogP contribution is -2.52. The van der Waals surface area contributed by atoms with Crippen molar-refractivity contribution in [2.75, 3.05) is 32.1 Å². The Labute approximate surface area is 162 Å². The molecule has 0 saturated carbocycles. The SMILES string of the molecule is COc1ccc(C(=O)Nc2ccc(C(=O)N3CCNC[C@@H]3C)s2)cc1.Cl. The van der Waals surface area contributed by atoms with E-state index in [1.165, 1.54) is 11.3 Å². The summed E-state index contributed by atoms with van der Waals surface area (Å²) < 4.78 is 5.09. The van der Waals surface area contributed by atoms with E-state index in [9.17, 15) is 9.59 Å². The maximum Gasteiger partial charge on any atom is 0.264 e. The van der Waals surface area contributed by atoms with Gasteiger partial charge >= 0.3 is 0 Å². The number of anilines is 1. The van der Waals surface area contributed by atoms with Crippen molar-refractivity contribution in [1.82, 2.24) is 10.2 Å². The fraction of sp³-hybridized carbons (Fsp3) is 0.333. The summed E-state index contributed by atoms with van der Waals surface area (Å²) in [5, 5.41) is 6.77. The van der Waals surface area contributed by atoms with E-state index in [4.69, 9.17) is 4.74 Å². The minimum absolute atomic E-state index is 0. The lowest BCUT2D eigenvalue weighted by Gasteiger charge is -2.33. The first-order chi connectivity index (χ1) is 12.1. The van der Waals surface area contributed by atoms with Crippen LogP contribution in [-0.4, -0.2) is 49.5 Å². The molecule has 8 heteroatoms. The van der Waals surface area contributed by atoms with Gasteiger partial charge in [-0.25, -0.2) is 0 Å². The van der Waals surface area contributed by atoms with Crippen LogP contribution in [0.3, 0.4) is 0 Å².